The van der Waals surface area contributed by atoms with Gasteiger partial charge < -0.3 is 5.73 Å². The summed E-state index contributed by atoms with van der Waals surface area (Å²) in [5.74, 6) is 1.01. The summed E-state index contributed by atoms with van der Waals surface area (Å²) >= 11 is 0. The van der Waals surface area contributed by atoms with Gasteiger partial charge in [0.05, 0.1) is 0 Å². The van der Waals surface area contributed by atoms with E-state index in [4.69, 9.17) is 5.73 Å². The molecule has 2 aliphatic rings. The van der Waals surface area contributed by atoms with Crippen molar-refractivity contribution in [1.82, 2.24) is 4.90 Å². The molecule has 0 spiro atoms. The Bertz CT molecular complexity index is 252. The minimum atomic E-state index is 0.343. The van der Waals surface area contributed by atoms with Crippen LogP contribution < -0.4 is 5.73 Å². The van der Waals surface area contributed by atoms with E-state index < -0.39 is 0 Å². The fourth-order valence-electron chi connectivity index (χ4n) is 4.39. The second-order valence-electron chi connectivity index (χ2n) is 6.98. The fraction of sp³-hybridized carbons (Fsp3) is 1.00. The highest BCUT2D eigenvalue weighted by molar-refractivity contribution is 4.88. The first-order chi connectivity index (χ1) is 9.22. The summed E-state index contributed by atoms with van der Waals surface area (Å²) in [7, 11) is 0. The first-order valence-corrected chi connectivity index (χ1v) is 8.73. The van der Waals surface area contributed by atoms with Gasteiger partial charge >= 0.3 is 0 Å². The van der Waals surface area contributed by atoms with E-state index in [0.717, 1.165) is 12.0 Å². The Hall–Kier alpha value is -0.0800. The van der Waals surface area contributed by atoms with Crippen LogP contribution >= 0.6 is 0 Å². The van der Waals surface area contributed by atoms with Crippen molar-refractivity contribution in [3.05, 3.63) is 0 Å². The third-order valence-electron chi connectivity index (χ3n) is 5.42. The molecule has 19 heavy (non-hydrogen) atoms. The van der Waals surface area contributed by atoms with E-state index in [2.05, 4.69) is 18.7 Å². The maximum atomic E-state index is 6.24. The highest BCUT2D eigenvalue weighted by Gasteiger charge is 2.32. The molecule has 2 N–H and O–H groups in total. The molecule has 1 aliphatic heterocycles. The van der Waals surface area contributed by atoms with E-state index in [1.165, 1.54) is 70.8 Å². The number of hydrogen-bond acceptors (Lipinski definition) is 2. The lowest BCUT2D eigenvalue weighted by molar-refractivity contribution is 0.0723. The van der Waals surface area contributed by atoms with Crippen LogP contribution in [0.1, 0.15) is 78.1 Å². The van der Waals surface area contributed by atoms with Crippen molar-refractivity contribution in [2.24, 2.45) is 11.7 Å². The summed E-state index contributed by atoms with van der Waals surface area (Å²) in [4.78, 5) is 2.79. The van der Waals surface area contributed by atoms with E-state index in [9.17, 15) is 0 Å². The van der Waals surface area contributed by atoms with Gasteiger partial charge in [-0.2, -0.15) is 0 Å². The molecule has 1 saturated heterocycles. The van der Waals surface area contributed by atoms with Crippen LogP contribution in [0.5, 0.6) is 0 Å². The summed E-state index contributed by atoms with van der Waals surface area (Å²) in [5.41, 5.74) is 6.24. The molecule has 0 aromatic heterocycles. The molecule has 0 radical (unpaired) electrons. The molecule has 1 saturated carbocycles. The van der Waals surface area contributed by atoms with Crippen LogP contribution in [0.2, 0.25) is 0 Å². The smallest absolute Gasteiger partial charge is 0.0247 e. The number of nitrogens with zero attached hydrogens (tertiary/aromatic N) is 1. The van der Waals surface area contributed by atoms with Crippen LogP contribution in [-0.4, -0.2) is 29.6 Å². The van der Waals surface area contributed by atoms with Crippen LogP contribution in [0.3, 0.4) is 0 Å². The molecule has 112 valence electrons. The number of rotatable bonds is 4. The van der Waals surface area contributed by atoms with Crippen LogP contribution in [0.4, 0.5) is 0 Å². The molecule has 2 nitrogen and oxygen atoms in total. The Morgan fingerprint density at radius 3 is 2.63 bits per heavy atom. The second-order valence-corrected chi connectivity index (χ2v) is 6.98. The van der Waals surface area contributed by atoms with Crippen molar-refractivity contribution >= 4 is 0 Å². The lowest BCUT2D eigenvalue weighted by Gasteiger charge is -2.43. The summed E-state index contributed by atoms with van der Waals surface area (Å²) in [6, 6.07) is 1.83. The lowest BCUT2D eigenvalue weighted by Crippen LogP contribution is -2.53. The SMILES string of the molecule is CCCC1CCCC(N2CCCCC2C(C)N)CC1. The first-order valence-electron chi connectivity index (χ1n) is 8.73. The summed E-state index contributed by atoms with van der Waals surface area (Å²) in [6.07, 6.45) is 14.1. The quantitative estimate of drug-likeness (QED) is 0.781. The van der Waals surface area contributed by atoms with Crippen LogP contribution in [-0.2, 0) is 0 Å². The summed E-state index contributed by atoms with van der Waals surface area (Å²) in [5, 5.41) is 0. The van der Waals surface area contributed by atoms with Crippen molar-refractivity contribution in [3.63, 3.8) is 0 Å². The monoisotopic (exact) mass is 266 g/mol. The topological polar surface area (TPSA) is 29.3 Å². The number of piperidine rings is 1. The summed E-state index contributed by atoms with van der Waals surface area (Å²) < 4.78 is 0. The van der Waals surface area contributed by atoms with Gasteiger partial charge in [0.2, 0.25) is 0 Å². The zero-order chi connectivity index (χ0) is 13.7. The predicted octanol–water partition coefficient (Wildman–Crippen LogP) is 3.94. The van der Waals surface area contributed by atoms with Gasteiger partial charge in [-0.25, -0.2) is 0 Å². The third-order valence-corrected chi connectivity index (χ3v) is 5.42. The Morgan fingerprint density at radius 2 is 1.89 bits per heavy atom. The molecular formula is C17H34N2. The van der Waals surface area contributed by atoms with Crippen molar-refractivity contribution in [2.45, 2.75) is 96.2 Å². The van der Waals surface area contributed by atoms with Crippen LogP contribution in [0.25, 0.3) is 0 Å². The largest absolute Gasteiger partial charge is 0.327 e. The van der Waals surface area contributed by atoms with Crippen LogP contribution in [0, 0.1) is 5.92 Å². The third kappa shape index (κ3) is 4.19. The van der Waals surface area contributed by atoms with E-state index in [0.29, 0.717) is 12.1 Å². The molecule has 0 amide bonds. The van der Waals surface area contributed by atoms with Crippen molar-refractivity contribution in [2.75, 3.05) is 6.54 Å². The molecule has 4 unspecified atom stereocenters. The van der Waals surface area contributed by atoms with Gasteiger partial charge in [-0.05, 0) is 51.5 Å². The Labute approximate surface area is 120 Å². The van der Waals surface area contributed by atoms with E-state index >= 15 is 0 Å². The van der Waals surface area contributed by atoms with Gasteiger partial charge in [0.1, 0.15) is 0 Å². The molecule has 0 aromatic rings. The number of nitrogens with two attached hydrogens (primary N) is 1. The lowest BCUT2D eigenvalue weighted by atomic mass is 9.92. The maximum Gasteiger partial charge on any atom is 0.0247 e. The number of hydrogen-bond donors (Lipinski definition) is 1. The first kappa shape index (κ1) is 15.3. The second kappa shape index (κ2) is 7.64. The van der Waals surface area contributed by atoms with Crippen molar-refractivity contribution in [1.29, 1.82) is 0 Å². The van der Waals surface area contributed by atoms with Gasteiger partial charge in [0.15, 0.2) is 0 Å². The molecule has 2 fully saturated rings. The maximum absolute atomic E-state index is 6.24. The standard InChI is InChI=1S/C17H34N2/c1-3-7-15-8-6-9-16(12-11-15)19-13-5-4-10-17(19)14(2)18/h14-17H,3-13,18H2,1-2H3. The Kier molecular flexibility index (Phi) is 6.15. The van der Waals surface area contributed by atoms with Gasteiger partial charge in [-0.1, -0.05) is 39.0 Å². The highest BCUT2D eigenvalue weighted by atomic mass is 15.2. The van der Waals surface area contributed by atoms with E-state index in [1.807, 2.05) is 0 Å². The van der Waals surface area contributed by atoms with Gasteiger partial charge in [0, 0.05) is 18.1 Å². The Morgan fingerprint density at radius 1 is 1.05 bits per heavy atom. The van der Waals surface area contributed by atoms with Crippen molar-refractivity contribution < 1.29 is 0 Å². The van der Waals surface area contributed by atoms with E-state index in [-0.39, 0.29) is 0 Å². The highest BCUT2D eigenvalue weighted by Crippen LogP contribution is 2.32. The molecular weight excluding hydrogens is 232 g/mol. The predicted molar refractivity (Wildman–Crippen MR) is 83.3 cm³/mol. The molecule has 4 atom stereocenters. The number of likely N-dealkylation sites (tertiary alicyclic amines) is 1. The molecule has 2 heteroatoms. The molecule has 0 bridgehead atoms. The van der Waals surface area contributed by atoms with Crippen molar-refractivity contribution in [3.8, 4) is 0 Å². The molecule has 1 heterocycles. The van der Waals surface area contributed by atoms with Gasteiger partial charge in [0.25, 0.3) is 0 Å². The van der Waals surface area contributed by atoms with Crippen LogP contribution in [0.15, 0.2) is 0 Å². The van der Waals surface area contributed by atoms with E-state index in [1.54, 1.807) is 0 Å². The average molecular weight is 266 g/mol. The Balaban J connectivity index is 1.92. The minimum Gasteiger partial charge on any atom is -0.327 e. The van der Waals surface area contributed by atoms with Gasteiger partial charge in [-0.15, -0.1) is 0 Å². The zero-order valence-electron chi connectivity index (χ0n) is 13.1. The van der Waals surface area contributed by atoms with Gasteiger partial charge in [-0.3, -0.25) is 4.90 Å². The zero-order valence-corrected chi connectivity index (χ0v) is 13.1. The molecule has 1 aliphatic carbocycles. The fourth-order valence-corrected chi connectivity index (χ4v) is 4.39. The normalized spacial score (nSPS) is 35.8. The molecule has 0 aromatic carbocycles. The molecule has 2 rings (SSSR count). The summed E-state index contributed by atoms with van der Waals surface area (Å²) in [6.45, 7) is 5.84. The minimum absolute atomic E-state index is 0.343. The average Bonchev–Trinajstić information content (AvgIpc) is 2.65.